The van der Waals surface area contributed by atoms with Gasteiger partial charge in [-0.2, -0.15) is 0 Å². The fraction of sp³-hybridized carbons (Fsp3) is 0.471. The van der Waals surface area contributed by atoms with Crippen molar-refractivity contribution >= 4 is 10.9 Å². The molecule has 0 aliphatic heterocycles. The number of hydrogen-bond donors (Lipinski definition) is 1. The molecule has 0 saturated heterocycles. The Morgan fingerprint density at radius 3 is 2.89 bits per heavy atom. The zero-order valence-corrected chi connectivity index (χ0v) is 11.6. The number of nitrogens with one attached hydrogen (secondary N) is 1. The molecule has 2 nitrogen and oxygen atoms in total. The fourth-order valence-electron chi connectivity index (χ4n) is 3.35. The average Bonchev–Trinajstić information content (AvgIpc) is 2.98. The van der Waals surface area contributed by atoms with Crippen LogP contribution in [0.4, 0.5) is 0 Å². The summed E-state index contributed by atoms with van der Waals surface area (Å²) in [5.74, 6) is 0.800. The number of aromatic nitrogens is 1. The molecule has 1 unspecified atom stereocenters. The Bertz CT molecular complexity index is 544. The highest BCUT2D eigenvalue weighted by atomic mass is 14.9. The van der Waals surface area contributed by atoms with Gasteiger partial charge in [0, 0.05) is 17.6 Å². The van der Waals surface area contributed by atoms with E-state index in [1.807, 2.05) is 12.3 Å². The minimum atomic E-state index is 0.511. The van der Waals surface area contributed by atoms with Gasteiger partial charge in [-0.05, 0) is 49.1 Å². The van der Waals surface area contributed by atoms with Gasteiger partial charge in [0.2, 0.25) is 0 Å². The SMILES string of the molecule is CCNC(c1ccc2ncccc2c1)C1CCCC1. The molecule has 19 heavy (non-hydrogen) atoms. The van der Waals surface area contributed by atoms with E-state index in [0.717, 1.165) is 18.0 Å². The second-order valence-corrected chi connectivity index (χ2v) is 5.54. The molecular weight excluding hydrogens is 232 g/mol. The third-order valence-corrected chi connectivity index (χ3v) is 4.28. The molecule has 1 aliphatic carbocycles. The van der Waals surface area contributed by atoms with Crippen molar-refractivity contribution in [1.82, 2.24) is 10.3 Å². The maximum Gasteiger partial charge on any atom is 0.0702 e. The summed E-state index contributed by atoms with van der Waals surface area (Å²) >= 11 is 0. The highest BCUT2D eigenvalue weighted by molar-refractivity contribution is 5.79. The van der Waals surface area contributed by atoms with Crippen LogP contribution < -0.4 is 5.32 Å². The summed E-state index contributed by atoms with van der Waals surface area (Å²) in [6.45, 7) is 3.23. The van der Waals surface area contributed by atoms with Crippen LogP contribution in [0.2, 0.25) is 0 Å². The maximum absolute atomic E-state index is 4.40. The van der Waals surface area contributed by atoms with E-state index in [9.17, 15) is 0 Å². The first-order valence-electron chi connectivity index (χ1n) is 7.46. The number of pyridine rings is 1. The third-order valence-electron chi connectivity index (χ3n) is 4.28. The molecule has 1 atom stereocenters. The Morgan fingerprint density at radius 2 is 2.11 bits per heavy atom. The van der Waals surface area contributed by atoms with Crippen LogP contribution in [0.15, 0.2) is 36.5 Å². The first-order chi connectivity index (χ1) is 9.38. The minimum Gasteiger partial charge on any atom is -0.310 e. The average molecular weight is 254 g/mol. The molecule has 2 heteroatoms. The molecule has 1 heterocycles. The number of rotatable bonds is 4. The first-order valence-corrected chi connectivity index (χ1v) is 7.46. The van der Waals surface area contributed by atoms with Gasteiger partial charge in [-0.3, -0.25) is 4.98 Å². The molecule has 1 fully saturated rings. The molecule has 1 aromatic carbocycles. The van der Waals surface area contributed by atoms with Crippen molar-refractivity contribution in [3.63, 3.8) is 0 Å². The van der Waals surface area contributed by atoms with E-state index in [-0.39, 0.29) is 0 Å². The fourth-order valence-corrected chi connectivity index (χ4v) is 3.35. The van der Waals surface area contributed by atoms with Gasteiger partial charge >= 0.3 is 0 Å². The van der Waals surface area contributed by atoms with Crippen molar-refractivity contribution in [1.29, 1.82) is 0 Å². The Kier molecular flexibility index (Phi) is 3.79. The molecule has 0 radical (unpaired) electrons. The Balaban J connectivity index is 1.94. The zero-order chi connectivity index (χ0) is 13.1. The molecule has 1 aromatic heterocycles. The van der Waals surface area contributed by atoms with E-state index < -0.39 is 0 Å². The standard InChI is InChI=1S/C17H22N2/c1-2-18-17(13-6-3-4-7-13)15-9-10-16-14(12-15)8-5-11-19-16/h5,8-13,17-18H,2-4,6-7H2,1H3. The molecule has 1 N–H and O–H groups in total. The smallest absolute Gasteiger partial charge is 0.0702 e. The molecule has 0 amide bonds. The number of nitrogens with zero attached hydrogens (tertiary/aromatic N) is 1. The van der Waals surface area contributed by atoms with Crippen molar-refractivity contribution in [2.24, 2.45) is 5.92 Å². The lowest BCUT2D eigenvalue weighted by Gasteiger charge is -2.25. The summed E-state index contributed by atoms with van der Waals surface area (Å²) in [5, 5.41) is 4.94. The van der Waals surface area contributed by atoms with Gasteiger partial charge in [-0.1, -0.05) is 31.9 Å². The second-order valence-electron chi connectivity index (χ2n) is 5.54. The molecule has 100 valence electrons. The lowest BCUT2D eigenvalue weighted by atomic mass is 9.91. The molecular formula is C17H22N2. The van der Waals surface area contributed by atoms with Crippen LogP contribution in [0.5, 0.6) is 0 Å². The van der Waals surface area contributed by atoms with E-state index in [0.29, 0.717) is 6.04 Å². The van der Waals surface area contributed by atoms with Gasteiger partial charge in [0.15, 0.2) is 0 Å². The van der Waals surface area contributed by atoms with Crippen LogP contribution in [0.1, 0.15) is 44.2 Å². The highest BCUT2D eigenvalue weighted by Crippen LogP contribution is 2.36. The van der Waals surface area contributed by atoms with E-state index in [1.54, 1.807) is 0 Å². The number of fused-ring (bicyclic) bond motifs is 1. The number of hydrogen-bond acceptors (Lipinski definition) is 2. The van der Waals surface area contributed by atoms with Crippen LogP contribution in [0, 0.1) is 5.92 Å². The van der Waals surface area contributed by atoms with Gasteiger partial charge < -0.3 is 5.32 Å². The maximum atomic E-state index is 4.40. The highest BCUT2D eigenvalue weighted by Gasteiger charge is 2.25. The summed E-state index contributed by atoms with van der Waals surface area (Å²) in [4.78, 5) is 4.40. The first kappa shape index (κ1) is 12.6. The molecule has 3 rings (SSSR count). The predicted octanol–water partition coefficient (Wildman–Crippen LogP) is 4.08. The summed E-state index contributed by atoms with van der Waals surface area (Å²) in [6.07, 6.45) is 7.37. The molecule has 2 aromatic rings. The quantitative estimate of drug-likeness (QED) is 0.889. The summed E-state index contributed by atoms with van der Waals surface area (Å²) in [5.41, 5.74) is 2.52. The van der Waals surface area contributed by atoms with Gasteiger partial charge in [0.1, 0.15) is 0 Å². The molecule has 1 saturated carbocycles. The summed E-state index contributed by atoms with van der Waals surface area (Å²) in [7, 11) is 0. The van der Waals surface area contributed by atoms with Gasteiger partial charge in [0.05, 0.1) is 5.52 Å². The molecule has 0 bridgehead atoms. The van der Waals surface area contributed by atoms with Crippen molar-refractivity contribution in [3.05, 3.63) is 42.1 Å². The lowest BCUT2D eigenvalue weighted by Crippen LogP contribution is -2.26. The topological polar surface area (TPSA) is 24.9 Å². The van der Waals surface area contributed by atoms with Crippen molar-refractivity contribution in [2.45, 2.75) is 38.6 Å². The van der Waals surface area contributed by atoms with Gasteiger partial charge in [-0.25, -0.2) is 0 Å². The second kappa shape index (κ2) is 5.70. The van der Waals surface area contributed by atoms with Crippen LogP contribution in [-0.4, -0.2) is 11.5 Å². The normalized spacial score (nSPS) is 17.9. The monoisotopic (exact) mass is 254 g/mol. The zero-order valence-electron chi connectivity index (χ0n) is 11.6. The van der Waals surface area contributed by atoms with Crippen molar-refractivity contribution in [3.8, 4) is 0 Å². The van der Waals surface area contributed by atoms with Crippen molar-refractivity contribution < 1.29 is 0 Å². The van der Waals surface area contributed by atoms with Crippen LogP contribution >= 0.6 is 0 Å². The molecule has 1 aliphatic rings. The predicted molar refractivity (Wildman–Crippen MR) is 80.1 cm³/mol. The van der Waals surface area contributed by atoms with Gasteiger partial charge in [0.25, 0.3) is 0 Å². The summed E-state index contributed by atoms with van der Waals surface area (Å²) in [6, 6.07) is 11.4. The third kappa shape index (κ3) is 2.64. The van der Waals surface area contributed by atoms with E-state index >= 15 is 0 Å². The minimum absolute atomic E-state index is 0.511. The lowest BCUT2D eigenvalue weighted by molar-refractivity contribution is 0.375. The van der Waals surface area contributed by atoms with E-state index in [1.165, 1.54) is 36.6 Å². The van der Waals surface area contributed by atoms with Crippen LogP contribution in [0.3, 0.4) is 0 Å². The van der Waals surface area contributed by atoms with E-state index in [4.69, 9.17) is 0 Å². The Labute approximate surface area is 115 Å². The largest absolute Gasteiger partial charge is 0.310 e. The van der Waals surface area contributed by atoms with Gasteiger partial charge in [-0.15, -0.1) is 0 Å². The van der Waals surface area contributed by atoms with Crippen LogP contribution in [-0.2, 0) is 0 Å². The number of benzene rings is 1. The van der Waals surface area contributed by atoms with Crippen molar-refractivity contribution in [2.75, 3.05) is 6.54 Å². The summed E-state index contributed by atoms with van der Waals surface area (Å²) < 4.78 is 0. The Morgan fingerprint density at radius 1 is 1.26 bits per heavy atom. The van der Waals surface area contributed by atoms with Crippen LogP contribution in [0.25, 0.3) is 10.9 Å². The molecule has 0 spiro atoms. The Hall–Kier alpha value is -1.41. The van der Waals surface area contributed by atoms with E-state index in [2.05, 4.69) is 41.5 Å².